The molecule has 0 saturated heterocycles. The first-order chi connectivity index (χ1) is 10.2. The summed E-state index contributed by atoms with van der Waals surface area (Å²) < 4.78 is 42.6. The number of ether oxygens (including phenoxy) is 1. The average Bonchev–Trinajstić information content (AvgIpc) is 2.42. The van der Waals surface area contributed by atoms with Crippen molar-refractivity contribution in [1.29, 1.82) is 0 Å². The van der Waals surface area contributed by atoms with Crippen LogP contribution in [0.1, 0.15) is 18.4 Å². The van der Waals surface area contributed by atoms with Crippen LogP contribution in [0.25, 0.3) is 0 Å². The lowest BCUT2D eigenvalue weighted by molar-refractivity contribution is -0.140. The van der Waals surface area contributed by atoms with Crippen LogP contribution in [0.4, 0.5) is 24.5 Å². The number of carbonyl (C=O) groups is 1. The van der Waals surface area contributed by atoms with Gasteiger partial charge in [-0.15, -0.1) is 0 Å². The minimum Gasteiger partial charge on any atom is -0.469 e. The molecular formula is C13H16F3N3O2S. The summed E-state index contributed by atoms with van der Waals surface area (Å²) in [6.45, 7) is 0.381. The van der Waals surface area contributed by atoms with Gasteiger partial charge in [0.15, 0.2) is 5.11 Å². The number of carbonyl (C=O) groups excluding carboxylic acids is 1. The van der Waals surface area contributed by atoms with Crippen LogP contribution >= 0.6 is 12.2 Å². The van der Waals surface area contributed by atoms with Gasteiger partial charge in [0.1, 0.15) is 0 Å². The predicted octanol–water partition coefficient (Wildman–Crippen LogP) is 2.73. The fraction of sp³-hybridized carbons (Fsp3) is 0.385. The van der Waals surface area contributed by atoms with Gasteiger partial charge in [0.2, 0.25) is 0 Å². The highest BCUT2D eigenvalue weighted by Gasteiger charge is 2.31. The first kappa shape index (κ1) is 18.0. The van der Waals surface area contributed by atoms with E-state index in [0.717, 1.165) is 12.1 Å². The van der Waals surface area contributed by atoms with Crippen LogP contribution in [0, 0.1) is 0 Å². The summed E-state index contributed by atoms with van der Waals surface area (Å²) in [5.41, 5.74) is 5.04. The lowest BCUT2D eigenvalue weighted by Gasteiger charge is -2.15. The van der Waals surface area contributed by atoms with Gasteiger partial charge in [0.25, 0.3) is 0 Å². The molecule has 0 unspecified atom stereocenters. The molecule has 22 heavy (non-hydrogen) atoms. The van der Waals surface area contributed by atoms with Gasteiger partial charge in [0, 0.05) is 13.0 Å². The third-order valence-electron chi connectivity index (χ3n) is 2.71. The third-order valence-corrected chi connectivity index (χ3v) is 2.81. The van der Waals surface area contributed by atoms with E-state index in [1.54, 1.807) is 0 Å². The number of methoxy groups -OCH3 is 1. The smallest absolute Gasteiger partial charge is 0.416 e. The molecule has 0 radical (unpaired) electrons. The van der Waals surface area contributed by atoms with Gasteiger partial charge in [-0.3, -0.25) is 4.79 Å². The lowest BCUT2D eigenvalue weighted by Crippen LogP contribution is -2.20. The fourth-order valence-corrected chi connectivity index (χ4v) is 1.78. The number of halogens is 3. The van der Waals surface area contributed by atoms with E-state index in [1.165, 1.54) is 13.2 Å². The maximum atomic E-state index is 12.7. The van der Waals surface area contributed by atoms with Crippen LogP contribution in [-0.2, 0) is 15.7 Å². The maximum Gasteiger partial charge on any atom is 0.416 e. The van der Waals surface area contributed by atoms with E-state index >= 15 is 0 Å². The molecule has 0 amide bonds. The van der Waals surface area contributed by atoms with Crippen LogP contribution < -0.4 is 16.4 Å². The van der Waals surface area contributed by atoms with Gasteiger partial charge in [-0.2, -0.15) is 13.2 Å². The molecule has 1 aromatic carbocycles. The molecule has 5 nitrogen and oxygen atoms in total. The van der Waals surface area contributed by atoms with Crippen LogP contribution in [-0.4, -0.2) is 24.7 Å². The number of benzene rings is 1. The van der Waals surface area contributed by atoms with Crippen molar-refractivity contribution in [3.63, 3.8) is 0 Å². The van der Waals surface area contributed by atoms with Crippen LogP contribution in [0.15, 0.2) is 18.2 Å². The molecule has 0 aliphatic carbocycles. The Balaban J connectivity index is 2.80. The topological polar surface area (TPSA) is 76.4 Å². The molecule has 0 saturated carbocycles. The molecule has 0 bridgehead atoms. The molecule has 1 aromatic rings. The largest absolute Gasteiger partial charge is 0.469 e. The van der Waals surface area contributed by atoms with Crippen molar-refractivity contribution in [1.82, 2.24) is 0 Å². The number of esters is 1. The van der Waals surface area contributed by atoms with Crippen molar-refractivity contribution >= 4 is 34.7 Å². The highest BCUT2D eigenvalue weighted by atomic mass is 32.1. The Hall–Kier alpha value is -2.03. The summed E-state index contributed by atoms with van der Waals surface area (Å²) in [7, 11) is 1.29. The molecule has 0 fully saturated rings. The predicted molar refractivity (Wildman–Crippen MR) is 81.6 cm³/mol. The van der Waals surface area contributed by atoms with Gasteiger partial charge in [-0.05, 0) is 36.8 Å². The van der Waals surface area contributed by atoms with Crippen molar-refractivity contribution in [3.8, 4) is 0 Å². The molecular weight excluding hydrogens is 319 g/mol. The zero-order chi connectivity index (χ0) is 16.8. The van der Waals surface area contributed by atoms with Gasteiger partial charge in [0.05, 0.1) is 24.0 Å². The molecule has 9 heteroatoms. The number of hydrogen-bond donors (Lipinski definition) is 3. The quantitative estimate of drug-likeness (QED) is 0.422. The van der Waals surface area contributed by atoms with Crippen LogP contribution in [0.5, 0.6) is 0 Å². The molecule has 0 heterocycles. The van der Waals surface area contributed by atoms with Crippen molar-refractivity contribution in [2.24, 2.45) is 5.73 Å². The highest BCUT2D eigenvalue weighted by molar-refractivity contribution is 7.80. The number of alkyl halides is 3. The molecule has 4 N–H and O–H groups in total. The molecule has 0 aromatic heterocycles. The number of hydrogen-bond acceptors (Lipinski definition) is 4. The maximum absolute atomic E-state index is 12.7. The number of nitrogens with one attached hydrogen (secondary N) is 2. The van der Waals surface area contributed by atoms with Crippen LogP contribution in [0.3, 0.4) is 0 Å². The summed E-state index contributed by atoms with van der Waals surface area (Å²) in [6.07, 6.45) is -3.78. The van der Waals surface area contributed by atoms with E-state index in [2.05, 4.69) is 27.6 Å². The first-order valence-electron chi connectivity index (χ1n) is 6.32. The second-order valence-electron chi connectivity index (χ2n) is 4.35. The molecule has 1 rings (SSSR count). The zero-order valence-corrected chi connectivity index (χ0v) is 12.6. The minimum atomic E-state index is -4.46. The molecule has 122 valence electrons. The molecule has 0 atom stereocenters. The summed E-state index contributed by atoms with van der Waals surface area (Å²) in [6, 6.07) is 3.15. The fourth-order valence-electron chi connectivity index (χ4n) is 1.67. The summed E-state index contributed by atoms with van der Waals surface area (Å²) in [5, 5.41) is 5.28. The SMILES string of the molecule is COC(=O)CCCNc1ccc(C(F)(F)F)cc1NC(N)=S. The second kappa shape index (κ2) is 7.83. The Kier molecular flexibility index (Phi) is 6.41. The number of nitrogens with two attached hydrogens (primary N) is 1. The van der Waals surface area contributed by atoms with Gasteiger partial charge >= 0.3 is 12.1 Å². The summed E-state index contributed by atoms with van der Waals surface area (Å²) >= 11 is 4.66. The highest BCUT2D eigenvalue weighted by Crippen LogP contribution is 2.34. The average molecular weight is 335 g/mol. The second-order valence-corrected chi connectivity index (χ2v) is 4.79. The van der Waals surface area contributed by atoms with E-state index in [0.29, 0.717) is 18.7 Å². The van der Waals surface area contributed by atoms with Gasteiger partial charge in [-0.25, -0.2) is 0 Å². The van der Waals surface area contributed by atoms with Crippen molar-refractivity contribution in [2.45, 2.75) is 19.0 Å². The Bertz CT molecular complexity index is 550. The molecule has 0 spiro atoms. The summed E-state index contributed by atoms with van der Waals surface area (Å²) in [4.78, 5) is 11.0. The van der Waals surface area contributed by atoms with Gasteiger partial charge < -0.3 is 21.1 Å². The Morgan fingerprint density at radius 1 is 1.36 bits per heavy atom. The number of anilines is 2. The van der Waals surface area contributed by atoms with E-state index < -0.39 is 11.7 Å². The summed E-state index contributed by atoms with van der Waals surface area (Å²) in [5.74, 6) is -0.351. The van der Waals surface area contributed by atoms with E-state index in [4.69, 9.17) is 5.73 Å². The van der Waals surface area contributed by atoms with Crippen LogP contribution in [0.2, 0.25) is 0 Å². The minimum absolute atomic E-state index is 0.125. The number of rotatable bonds is 6. The molecule has 0 aliphatic heterocycles. The van der Waals surface area contributed by atoms with Crippen molar-refractivity contribution < 1.29 is 22.7 Å². The van der Waals surface area contributed by atoms with E-state index in [-0.39, 0.29) is 23.2 Å². The normalized spacial score (nSPS) is 10.9. The Morgan fingerprint density at radius 2 is 2.05 bits per heavy atom. The van der Waals surface area contributed by atoms with Crippen molar-refractivity contribution in [3.05, 3.63) is 23.8 Å². The zero-order valence-electron chi connectivity index (χ0n) is 11.8. The van der Waals surface area contributed by atoms with E-state index in [9.17, 15) is 18.0 Å². The molecule has 0 aliphatic rings. The Labute approximate surface area is 131 Å². The van der Waals surface area contributed by atoms with Gasteiger partial charge in [-0.1, -0.05) is 0 Å². The first-order valence-corrected chi connectivity index (χ1v) is 6.73. The monoisotopic (exact) mass is 335 g/mol. The van der Waals surface area contributed by atoms with E-state index in [1.807, 2.05) is 0 Å². The Morgan fingerprint density at radius 3 is 2.59 bits per heavy atom. The number of thiocarbonyl (C=S) groups is 1. The van der Waals surface area contributed by atoms with Crippen molar-refractivity contribution in [2.75, 3.05) is 24.3 Å². The standard InChI is InChI=1S/C13H16F3N3O2S/c1-21-11(20)3-2-6-18-9-5-4-8(13(14,15)16)7-10(9)19-12(17)22/h4-5,7,18H,2-3,6H2,1H3,(H3,17,19,22). The third kappa shape index (κ3) is 5.76. The lowest BCUT2D eigenvalue weighted by atomic mass is 10.1.